The second kappa shape index (κ2) is 8.95. The molecule has 30 heavy (non-hydrogen) atoms. The van der Waals surface area contributed by atoms with Crippen molar-refractivity contribution < 1.29 is 9.59 Å². The van der Waals surface area contributed by atoms with Crippen molar-refractivity contribution in [1.82, 2.24) is 20.1 Å². The van der Waals surface area contributed by atoms with Gasteiger partial charge in [-0.15, -0.1) is 0 Å². The van der Waals surface area contributed by atoms with Gasteiger partial charge in [0.05, 0.1) is 23.7 Å². The van der Waals surface area contributed by atoms with Gasteiger partial charge in [-0.05, 0) is 56.5 Å². The molecule has 0 saturated carbocycles. The highest BCUT2D eigenvalue weighted by Gasteiger charge is 2.19. The number of aromatic nitrogens is 3. The Balaban J connectivity index is 1.80. The molecule has 0 saturated heterocycles. The second-order valence-electron chi connectivity index (χ2n) is 7.86. The van der Waals surface area contributed by atoms with Crippen LogP contribution in [0.25, 0.3) is 11.0 Å². The number of hydrogen-bond donors (Lipinski definition) is 2. The Morgan fingerprint density at radius 2 is 1.90 bits per heavy atom. The Bertz CT molecular complexity index is 1100. The zero-order chi connectivity index (χ0) is 22.0. The van der Waals surface area contributed by atoms with Crippen molar-refractivity contribution in [1.29, 1.82) is 0 Å². The Labute approximate surface area is 184 Å². The van der Waals surface area contributed by atoms with Crippen LogP contribution in [-0.2, 0) is 4.79 Å². The summed E-state index contributed by atoms with van der Waals surface area (Å²) in [7, 11) is 0. The molecular weight excluding hydrogens is 446 g/mol. The first-order valence-electron chi connectivity index (χ1n) is 9.89. The summed E-state index contributed by atoms with van der Waals surface area (Å²) in [5, 5.41) is 10.6. The van der Waals surface area contributed by atoms with Crippen LogP contribution in [-0.4, -0.2) is 33.1 Å². The van der Waals surface area contributed by atoms with Crippen LogP contribution in [0.1, 0.15) is 61.3 Å². The van der Waals surface area contributed by atoms with Gasteiger partial charge in [-0.1, -0.05) is 29.8 Å². The van der Waals surface area contributed by atoms with Crippen LogP contribution < -0.4 is 10.6 Å². The molecule has 8 heteroatoms. The monoisotopic (exact) mass is 471 g/mol. The summed E-state index contributed by atoms with van der Waals surface area (Å²) in [6.07, 6.45) is 1.66. The number of fused-ring (bicyclic) bond motifs is 1. The van der Waals surface area contributed by atoms with E-state index in [9.17, 15) is 9.59 Å². The third-order valence-electron chi connectivity index (χ3n) is 4.78. The number of nitrogens with zero attached hydrogens (tertiary/aromatic N) is 3. The van der Waals surface area contributed by atoms with E-state index in [1.807, 2.05) is 52.8 Å². The lowest BCUT2D eigenvalue weighted by Crippen LogP contribution is -2.33. The van der Waals surface area contributed by atoms with Crippen LogP contribution in [0.15, 0.2) is 34.9 Å². The molecule has 0 aliphatic heterocycles. The molecule has 0 unspecified atom stereocenters. The molecule has 3 rings (SSSR count). The van der Waals surface area contributed by atoms with E-state index in [0.717, 1.165) is 15.7 Å². The third-order valence-corrected chi connectivity index (χ3v) is 5.28. The van der Waals surface area contributed by atoms with E-state index in [-0.39, 0.29) is 30.3 Å². The molecule has 1 aromatic carbocycles. The predicted octanol–water partition coefficient (Wildman–Crippen LogP) is 4.58. The van der Waals surface area contributed by atoms with Crippen LogP contribution in [0.2, 0.25) is 0 Å². The Hall–Kier alpha value is -2.74. The number of rotatable bonds is 6. The van der Waals surface area contributed by atoms with Gasteiger partial charge in [-0.3, -0.25) is 9.59 Å². The quantitative estimate of drug-likeness (QED) is 0.550. The SMILES string of the molecule is Cc1cc(Br)ccc1NC(=O)CNC(=O)c1cc(C(C)C)nc2c1cnn2C(C)C. The molecule has 3 aromatic rings. The summed E-state index contributed by atoms with van der Waals surface area (Å²) in [6.45, 7) is 9.87. The normalized spacial score (nSPS) is 11.3. The van der Waals surface area contributed by atoms with Crippen molar-refractivity contribution in [3.8, 4) is 0 Å². The van der Waals surface area contributed by atoms with Gasteiger partial charge in [0.25, 0.3) is 5.91 Å². The van der Waals surface area contributed by atoms with Crippen LogP contribution in [0.3, 0.4) is 0 Å². The first-order valence-corrected chi connectivity index (χ1v) is 10.7. The van der Waals surface area contributed by atoms with Crippen molar-refractivity contribution in [2.45, 2.75) is 46.6 Å². The second-order valence-corrected chi connectivity index (χ2v) is 8.78. The summed E-state index contributed by atoms with van der Waals surface area (Å²) < 4.78 is 2.75. The fourth-order valence-electron chi connectivity index (χ4n) is 3.12. The van der Waals surface area contributed by atoms with Crippen LogP contribution in [0, 0.1) is 6.92 Å². The van der Waals surface area contributed by atoms with Crippen molar-refractivity contribution in [2.24, 2.45) is 0 Å². The molecule has 2 amide bonds. The molecule has 2 aromatic heterocycles. The molecule has 0 radical (unpaired) electrons. The van der Waals surface area contributed by atoms with Gasteiger partial charge in [0.1, 0.15) is 0 Å². The standard InChI is InChI=1S/C22H26BrN5O2/c1-12(2)19-9-16(17-10-25-28(13(3)4)21(17)27-19)22(30)24-11-20(29)26-18-7-6-15(23)8-14(18)5/h6-10,12-13H,11H2,1-5H3,(H,24,30)(H,26,29). The predicted molar refractivity (Wildman–Crippen MR) is 122 cm³/mol. The van der Waals surface area contributed by atoms with Gasteiger partial charge in [-0.25, -0.2) is 9.67 Å². The average Bonchev–Trinajstić information content (AvgIpc) is 3.11. The largest absolute Gasteiger partial charge is 0.343 e. The zero-order valence-corrected chi connectivity index (χ0v) is 19.4. The molecule has 158 valence electrons. The number of amides is 2. The van der Waals surface area contributed by atoms with Crippen molar-refractivity contribution in [3.05, 3.63) is 51.8 Å². The van der Waals surface area contributed by atoms with Gasteiger partial charge in [-0.2, -0.15) is 5.10 Å². The first-order chi connectivity index (χ1) is 14.2. The highest BCUT2D eigenvalue weighted by atomic mass is 79.9. The van der Waals surface area contributed by atoms with E-state index in [2.05, 4.69) is 31.7 Å². The molecule has 7 nitrogen and oxygen atoms in total. The van der Waals surface area contributed by atoms with E-state index >= 15 is 0 Å². The number of carbonyl (C=O) groups excluding carboxylic acids is 2. The minimum atomic E-state index is -0.324. The number of aryl methyl sites for hydroxylation is 1. The van der Waals surface area contributed by atoms with Crippen LogP contribution >= 0.6 is 15.9 Å². The maximum Gasteiger partial charge on any atom is 0.252 e. The van der Waals surface area contributed by atoms with Gasteiger partial charge >= 0.3 is 0 Å². The molecule has 0 bridgehead atoms. The molecule has 2 N–H and O–H groups in total. The van der Waals surface area contributed by atoms with Crippen molar-refractivity contribution in [3.63, 3.8) is 0 Å². The lowest BCUT2D eigenvalue weighted by molar-refractivity contribution is -0.115. The maximum atomic E-state index is 12.9. The molecule has 2 heterocycles. The number of anilines is 1. The highest BCUT2D eigenvalue weighted by Crippen LogP contribution is 2.24. The van der Waals surface area contributed by atoms with Gasteiger partial charge in [0.15, 0.2) is 5.65 Å². The van der Waals surface area contributed by atoms with Crippen molar-refractivity contribution in [2.75, 3.05) is 11.9 Å². The average molecular weight is 472 g/mol. The number of pyridine rings is 1. The number of hydrogen-bond acceptors (Lipinski definition) is 4. The van der Waals surface area contributed by atoms with Gasteiger partial charge < -0.3 is 10.6 Å². The number of halogens is 1. The molecule has 0 atom stereocenters. The van der Waals surface area contributed by atoms with E-state index in [1.54, 1.807) is 16.9 Å². The lowest BCUT2D eigenvalue weighted by Gasteiger charge is -2.13. The molecule has 0 aliphatic carbocycles. The van der Waals surface area contributed by atoms with E-state index < -0.39 is 0 Å². The minimum absolute atomic E-state index is 0.119. The third kappa shape index (κ3) is 4.70. The lowest BCUT2D eigenvalue weighted by atomic mass is 10.0. The topological polar surface area (TPSA) is 88.9 Å². The fraction of sp³-hybridized carbons (Fsp3) is 0.364. The smallest absolute Gasteiger partial charge is 0.252 e. The fourth-order valence-corrected chi connectivity index (χ4v) is 3.59. The minimum Gasteiger partial charge on any atom is -0.343 e. The van der Waals surface area contributed by atoms with Crippen LogP contribution in [0.4, 0.5) is 5.69 Å². The summed E-state index contributed by atoms with van der Waals surface area (Å²) in [5.41, 5.74) is 3.61. The number of nitrogens with one attached hydrogen (secondary N) is 2. The first kappa shape index (κ1) is 22.0. The molecular formula is C22H26BrN5O2. The van der Waals surface area contributed by atoms with E-state index in [1.165, 1.54) is 0 Å². The Morgan fingerprint density at radius 3 is 2.53 bits per heavy atom. The summed E-state index contributed by atoms with van der Waals surface area (Å²) in [5.74, 6) is -0.462. The van der Waals surface area contributed by atoms with E-state index in [4.69, 9.17) is 4.98 Å². The number of benzene rings is 1. The summed E-state index contributed by atoms with van der Waals surface area (Å²) in [6, 6.07) is 7.50. The molecule has 0 spiro atoms. The van der Waals surface area contributed by atoms with E-state index in [0.29, 0.717) is 22.3 Å². The zero-order valence-electron chi connectivity index (χ0n) is 17.8. The number of carbonyl (C=O) groups is 2. The van der Waals surface area contributed by atoms with Crippen LogP contribution in [0.5, 0.6) is 0 Å². The van der Waals surface area contributed by atoms with Gasteiger partial charge in [0, 0.05) is 21.9 Å². The highest BCUT2D eigenvalue weighted by molar-refractivity contribution is 9.10. The Morgan fingerprint density at radius 1 is 1.17 bits per heavy atom. The van der Waals surface area contributed by atoms with Crippen molar-refractivity contribution >= 4 is 44.5 Å². The Kier molecular flexibility index (Phi) is 6.55. The molecule has 0 aliphatic rings. The van der Waals surface area contributed by atoms with Gasteiger partial charge in [0.2, 0.25) is 5.91 Å². The maximum absolute atomic E-state index is 12.9. The molecule has 0 fully saturated rings. The summed E-state index contributed by atoms with van der Waals surface area (Å²) >= 11 is 3.40. The summed E-state index contributed by atoms with van der Waals surface area (Å²) in [4.78, 5) is 30.0.